The van der Waals surface area contributed by atoms with Gasteiger partial charge in [0.2, 0.25) is 0 Å². The molecule has 0 aromatic heterocycles. The van der Waals surface area contributed by atoms with Crippen molar-refractivity contribution in [2.24, 2.45) is 0 Å². The molecular weight excluding hydrogens is 230 g/mol. The van der Waals surface area contributed by atoms with Crippen molar-refractivity contribution in [3.63, 3.8) is 0 Å². The Morgan fingerprint density at radius 3 is 2.88 bits per heavy atom. The first kappa shape index (κ1) is 11.1. The highest BCUT2D eigenvalue weighted by molar-refractivity contribution is 6.32. The van der Waals surface area contributed by atoms with E-state index in [1.807, 2.05) is 0 Å². The number of carboxylic acid groups (broad SMARTS) is 1. The summed E-state index contributed by atoms with van der Waals surface area (Å²) in [5.41, 5.74) is 1.81. The van der Waals surface area contributed by atoms with Crippen molar-refractivity contribution in [1.82, 2.24) is 0 Å². The molecule has 0 fully saturated rings. The van der Waals surface area contributed by atoms with Crippen LogP contribution in [-0.4, -0.2) is 31.3 Å². The van der Waals surface area contributed by atoms with E-state index in [0.29, 0.717) is 17.2 Å². The van der Waals surface area contributed by atoms with E-state index in [1.54, 1.807) is 31.2 Å². The molecule has 1 aliphatic rings. The maximum absolute atomic E-state index is 11.0. The number of anilines is 1. The minimum absolute atomic E-state index is 0.481. The quantitative estimate of drug-likeness (QED) is 0.858. The summed E-state index contributed by atoms with van der Waals surface area (Å²) in [7, 11) is 3.30. The Morgan fingerprint density at radius 1 is 1.62 bits per heavy atom. The number of hydrogen-bond donors (Lipinski definition) is 1. The van der Waals surface area contributed by atoms with Crippen LogP contribution in [0.25, 0.3) is 0 Å². The monoisotopic (exact) mass is 241 g/mol. The van der Waals surface area contributed by atoms with E-state index in [2.05, 4.69) is 0 Å². The van der Waals surface area contributed by atoms with Crippen LogP contribution in [0.3, 0.4) is 0 Å². The highest BCUT2D eigenvalue weighted by Gasteiger charge is 2.32. The Kier molecular flexibility index (Phi) is 2.68. The lowest BCUT2D eigenvalue weighted by Gasteiger charge is -2.18. The van der Waals surface area contributed by atoms with Crippen molar-refractivity contribution in [3.8, 4) is 5.75 Å². The number of aliphatic carboxylic acids is 1. The third-order valence-electron chi connectivity index (χ3n) is 2.90. The Balaban J connectivity index is 2.44. The van der Waals surface area contributed by atoms with Crippen molar-refractivity contribution in [2.45, 2.75) is 12.5 Å². The number of benzene rings is 1. The minimum atomic E-state index is -0.825. The molecule has 0 spiro atoms. The van der Waals surface area contributed by atoms with Crippen LogP contribution < -0.4 is 9.64 Å². The van der Waals surface area contributed by atoms with Gasteiger partial charge in [0.05, 0.1) is 12.1 Å². The molecule has 0 radical (unpaired) electrons. The zero-order valence-corrected chi connectivity index (χ0v) is 9.78. The highest BCUT2D eigenvalue weighted by Crippen LogP contribution is 2.38. The highest BCUT2D eigenvalue weighted by atomic mass is 35.5. The van der Waals surface area contributed by atoms with E-state index in [0.717, 1.165) is 11.3 Å². The van der Waals surface area contributed by atoms with Gasteiger partial charge in [-0.2, -0.15) is 0 Å². The molecule has 16 heavy (non-hydrogen) atoms. The largest absolute Gasteiger partial charge is 0.495 e. The Bertz CT molecular complexity index is 447. The molecule has 0 saturated carbocycles. The van der Waals surface area contributed by atoms with E-state index in [-0.39, 0.29) is 0 Å². The molecule has 1 atom stereocenters. The van der Waals surface area contributed by atoms with Crippen LogP contribution in [0.1, 0.15) is 5.56 Å². The SMILES string of the molecule is COc1cc2c(cc1Cl)N(C)C(C(=O)O)C2. The first-order valence-corrected chi connectivity index (χ1v) is 5.24. The summed E-state index contributed by atoms with van der Waals surface area (Å²) < 4.78 is 5.10. The second-order valence-corrected chi connectivity index (χ2v) is 4.19. The van der Waals surface area contributed by atoms with Crippen LogP contribution in [0, 0.1) is 0 Å². The van der Waals surface area contributed by atoms with E-state index in [4.69, 9.17) is 21.4 Å². The van der Waals surface area contributed by atoms with Gasteiger partial charge in [0.1, 0.15) is 11.8 Å². The van der Waals surface area contributed by atoms with Crippen molar-refractivity contribution in [2.75, 3.05) is 19.1 Å². The number of halogens is 1. The fourth-order valence-electron chi connectivity index (χ4n) is 2.00. The fourth-order valence-corrected chi connectivity index (χ4v) is 2.23. The maximum Gasteiger partial charge on any atom is 0.326 e. The fraction of sp³-hybridized carbons (Fsp3) is 0.364. The van der Waals surface area contributed by atoms with Crippen LogP contribution in [0.15, 0.2) is 12.1 Å². The first-order chi connectivity index (χ1) is 7.54. The molecule has 1 N–H and O–H groups in total. The van der Waals surface area contributed by atoms with Gasteiger partial charge in [0, 0.05) is 19.2 Å². The van der Waals surface area contributed by atoms with Crippen LogP contribution in [-0.2, 0) is 11.2 Å². The Morgan fingerprint density at radius 2 is 2.31 bits per heavy atom. The molecular formula is C11H12ClNO3. The molecule has 1 aliphatic heterocycles. The standard InChI is InChI=1S/C11H12ClNO3/c1-13-8-5-7(12)10(16-2)4-6(8)3-9(13)11(14)15/h4-5,9H,3H2,1-2H3,(H,14,15). The van der Waals surface area contributed by atoms with Gasteiger partial charge in [0.25, 0.3) is 0 Å². The third-order valence-corrected chi connectivity index (χ3v) is 3.19. The number of nitrogens with zero attached hydrogens (tertiary/aromatic N) is 1. The summed E-state index contributed by atoms with van der Waals surface area (Å²) in [4.78, 5) is 12.7. The zero-order valence-electron chi connectivity index (χ0n) is 9.03. The van der Waals surface area contributed by atoms with Crippen molar-refractivity contribution in [3.05, 3.63) is 22.7 Å². The molecule has 1 aromatic rings. The van der Waals surface area contributed by atoms with Gasteiger partial charge in [0.15, 0.2) is 0 Å². The van der Waals surface area contributed by atoms with Gasteiger partial charge >= 0.3 is 5.97 Å². The average molecular weight is 242 g/mol. The molecule has 1 aromatic carbocycles. The topological polar surface area (TPSA) is 49.8 Å². The molecule has 86 valence electrons. The molecule has 1 unspecified atom stereocenters. The summed E-state index contributed by atoms with van der Waals surface area (Å²) in [6, 6.07) is 3.04. The predicted octanol–water partition coefficient (Wildman–Crippen LogP) is 1.79. The average Bonchev–Trinajstić information content (AvgIpc) is 2.55. The summed E-state index contributed by atoms with van der Waals surface area (Å²) in [6.45, 7) is 0. The molecule has 0 aliphatic carbocycles. The predicted molar refractivity (Wildman–Crippen MR) is 61.5 cm³/mol. The second-order valence-electron chi connectivity index (χ2n) is 3.78. The molecule has 1 heterocycles. The van der Waals surface area contributed by atoms with E-state index >= 15 is 0 Å². The second kappa shape index (κ2) is 3.87. The number of ether oxygens (including phenoxy) is 1. The number of rotatable bonds is 2. The zero-order chi connectivity index (χ0) is 11.9. The van der Waals surface area contributed by atoms with E-state index in [9.17, 15) is 4.79 Å². The number of carbonyl (C=O) groups is 1. The van der Waals surface area contributed by atoms with Crippen molar-refractivity contribution >= 4 is 23.3 Å². The third kappa shape index (κ3) is 1.59. The van der Waals surface area contributed by atoms with Crippen LogP contribution in [0.5, 0.6) is 5.75 Å². The van der Waals surface area contributed by atoms with Gasteiger partial charge in [-0.05, 0) is 17.7 Å². The van der Waals surface area contributed by atoms with Gasteiger partial charge in [-0.1, -0.05) is 11.6 Å². The van der Waals surface area contributed by atoms with E-state index in [1.165, 1.54) is 0 Å². The molecule has 0 bridgehead atoms. The van der Waals surface area contributed by atoms with Gasteiger partial charge < -0.3 is 14.7 Å². The lowest BCUT2D eigenvalue weighted by atomic mass is 10.1. The van der Waals surface area contributed by atoms with Gasteiger partial charge in [-0.25, -0.2) is 4.79 Å². The number of fused-ring (bicyclic) bond motifs is 1. The van der Waals surface area contributed by atoms with Crippen LogP contribution in [0.2, 0.25) is 5.02 Å². The van der Waals surface area contributed by atoms with Gasteiger partial charge in [-0.3, -0.25) is 0 Å². The number of methoxy groups -OCH3 is 1. The molecule has 0 saturated heterocycles. The lowest BCUT2D eigenvalue weighted by molar-refractivity contribution is -0.138. The van der Waals surface area contributed by atoms with Gasteiger partial charge in [-0.15, -0.1) is 0 Å². The molecule has 4 nitrogen and oxygen atoms in total. The summed E-state index contributed by atoms with van der Waals surface area (Å²) in [5, 5.41) is 9.54. The molecule has 0 amide bonds. The normalized spacial score (nSPS) is 18.4. The lowest BCUT2D eigenvalue weighted by Crippen LogP contribution is -2.35. The number of hydrogen-bond acceptors (Lipinski definition) is 3. The van der Waals surface area contributed by atoms with Crippen molar-refractivity contribution < 1.29 is 14.6 Å². The van der Waals surface area contributed by atoms with E-state index < -0.39 is 12.0 Å². The first-order valence-electron chi connectivity index (χ1n) is 4.86. The summed E-state index contributed by atoms with van der Waals surface area (Å²) in [6.07, 6.45) is 0.481. The summed E-state index contributed by atoms with van der Waals surface area (Å²) >= 11 is 6.00. The van der Waals surface area contributed by atoms with Crippen molar-refractivity contribution in [1.29, 1.82) is 0 Å². The summed E-state index contributed by atoms with van der Waals surface area (Å²) in [5.74, 6) is -0.242. The smallest absolute Gasteiger partial charge is 0.326 e. The number of likely N-dealkylation sites (N-methyl/N-ethyl adjacent to an activating group) is 1. The number of carboxylic acids is 1. The maximum atomic E-state index is 11.0. The van der Waals surface area contributed by atoms with Crippen LogP contribution in [0.4, 0.5) is 5.69 Å². The molecule has 2 rings (SSSR count). The van der Waals surface area contributed by atoms with Crippen LogP contribution >= 0.6 is 11.6 Å². The Labute approximate surface area is 98.4 Å². The molecule has 5 heteroatoms. The Hall–Kier alpha value is -1.42. The minimum Gasteiger partial charge on any atom is -0.495 e.